The molecule has 0 aromatic carbocycles. The summed E-state index contributed by atoms with van der Waals surface area (Å²) in [6.07, 6.45) is 3.15. The summed E-state index contributed by atoms with van der Waals surface area (Å²) in [7, 11) is 0. The molecule has 0 spiro atoms. The van der Waals surface area contributed by atoms with Gasteiger partial charge in [0.2, 0.25) is 5.91 Å². The molecule has 5 nitrogen and oxygen atoms in total. The Morgan fingerprint density at radius 3 is 2.60 bits per heavy atom. The lowest BCUT2D eigenvalue weighted by Gasteiger charge is -2.10. The van der Waals surface area contributed by atoms with E-state index in [1.807, 2.05) is 6.92 Å². The molecule has 0 rings (SSSR count). The second-order valence-electron chi connectivity index (χ2n) is 3.54. The number of unbranched alkanes of at least 4 members (excludes halogenated alkanes) is 1. The van der Waals surface area contributed by atoms with Crippen LogP contribution < -0.4 is 11.1 Å². The number of carboxylic acid groups (broad SMARTS) is 1. The van der Waals surface area contributed by atoms with E-state index in [1.165, 1.54) is 0 Å². The van der Waals surface area contributed by atoms with Gasteiger partial charge in [0.05, 0.1) is 6.04 Å². The number of amides is 1. The van der Waals surface area contributed by atoms with Crippen LogP contribution >= 0.6 is 0 Å². The highest BCUT2D eigenvalue weighted by atomic mass is 16.4. The third-order valence-electron chi connectivity index (χ3n) is 2.07. The fourth-order valence-electron chi connectivity index (χ4n) is 1.14. The molecule has 0 aromatic rings. The minimum Gasteiger partial charge on any atom is -0.481 e. The van der Waals surface area contributed by atoms with Crippen molar-refractivity contribution < 1.29 is 14.7 Å². The summed E-state index contributed by atoms with van der Waals surface area (Å²) >= 11 is 0. The van der Waals surface area contributed by atoms with Crippen LogP contribution in [0.5, 0.6) is 0 Å². The quantitative estimate of drug-likeness (QED) is 0.515. The summed E-state index contributed by atoms with van der Waals surface area (Å²) in [5, 5.41) is 11.0. The van der Waals surface area contributed by atoms with Gasteiger partial charge in [-0.05, 0) is 12.8 Å². The summed E-state index contributed by atoms with van der Waals surface area (Å²) in [4.78, 5) is 21.5. The van der Waals surface area contributed by atoms with Crippen molar-refractivity contribution in [3.05, 3.63) is 0 Å². The molecule has 5 heteroatoms. The fraction of sp³-hybridized carbons (Fsp3) is 0.800. The first-order valence-corrected chi connectivity index (χ1v) is 5.33. The number of hydrogen-bond acceptors (Lipinski definition) is 3. The van der Waals surface area contributed by atoms with Crippen molar-refractivity contribution in [1.29, 1.82) is 0 Å². The lowest BCUT2D eigenvalue weighted by molar-refractivity contribution is -0.137. The summed E-state index contributed by atoms with van der Waals surface area (Å²) in [5.74, 6) is -1.03. The standard InChI is InChI=1S/C10H20N2O3/c1-2-3-5-8(11)10(15)12-7-4-6-9(13)14/h8H,2-7,11H2,1H3,(H,12,15)(H,13,14). The predicted molar refractivity (Wildman–Crippen MR) is 57.4 cm³/mol. The van der Waals surface area contributed by atoms with Crippen molar-refractivity contribution in [2.24, 2.45) is 5.73 Å². The molecule has 0 aliphatic carbocycles. The Bertz CT molecular complexity index is 207. The van der Waals surface area contributed by atoms with Gasteiger partial charge in [-0.15, -0.1) is 0 Å². The summed E-state index contributed by atoms with van der Waals surface area (Å²) in [6, 6.07) is -0.463. The Labute approximate surface area is 90.0 Å². The Kier molecular flexibility index (Phi) is 7.62. The molecule has 0 saturated carbocycles. The molecule has 0 fully saturated rings. The molecule has 0 heterocycles. The van der Waals surface area contributed by atoms with Gasteiger partial charge in [-0.25, -0.2) is 0 Å². The summed E-state index contributed by atoms with van der Waals surface area (Å²) in [6.45, 7) is 2.42. The number of carbonyl (C=O) groups excluding carboxylic acids is 1. The van der Waals surface area contributed by atoms with E-state index in [1.54, 1.807) is 0 Å². The molecule has 15 heavy (non-hydrogen) atoms. The van der Waals surface area contributed by atoms with Gasteiger partial charge in [0.15, 0.2) is 0 Å². The molecule has 4 N–H and O–H groups in total. The Morgan fingerprint density at radius 1 is 1.40 bits per heavy atom. The maximum Gasteiger partial charge on any atom is 0.303 e. The number of hydrogen-bond donors (Lipinski definition) is 3. The molecule has 0 aromatic heterocycles. The van der Waals surface area contributed by atoms with Crippen LogP contribution in [0, 0.1) is 0 Å². The number of aliphatic carboxylic acids is 1. The van der Waals surface area contributed by atoms with Crippen molar-refractivity contribution in [1.82, 2.24) is 5.32 Å². The number of carboxylic acids is 1. The van der Waals surface area contributed by atoms with Crippen molar-refractivity contribution in [2.45, 2.75) is 45.1 Å². The Morgan fingerprint density at radius 2 is 2.07 bits per heavy atom. The third-order valence-corrected chi connectivity index (χ3v) is 2.07. The van der Waals surface area contributed by atoms with E-state index in [4.69, 9.17) is 10.8 Å². The zero-order chi connectivity index (χ0) is 11.7. The van der Waals surface area contributed by atoms with Crippen LogP contribution in [0.1, 0.15) is 39.0 Å². The van der Waals surface area contributed by atoms with Crippen LogP contribution in [-0.4, -0.2) is 29.6 Å². The molecule has 1 atom stereocenters. The molecule has 0 aliphatic rings. The van der Waals surface area contributed by atoms with Crippen molar-refractivity contribution in [3.8, 4) is 0 Å². The predicted octanol–water partition coefficient (Wildman–Crippen LogP) is 0.485. The summed E-state index contributed by atoms with van der Waals surface area (Å²) in [5.41, 5.74) is 5.62. The highest BCUT2D eigenvalue weighted by Crippen LogP contribution is 1.98. The van der Waals surface area contributed by atoms with Crippen LogP contribution in [0.15, 0.2) is 0 Å². The Hall–Kier alpha value is -1.10. The first-order chi connectivity index (χ1) is 7.07. The second kappa shape index (κ2) is 8.23. The third kappa shape index (κ3) is 7.93. The first kappa shape index (κ1) is 13.9. The van der Waals surface area contributed by atoms with Crippen LogP contribution in [0.2, 0.25) is 0 Å². The van der Waals surface area contributed by atoms with E-state index < -0.39 is 12.0 Å². The van der Waals surface area contributed by atoms with Gasteiger partial charge in [-0.2, -0.15) is 0 Å². The largest absolute Gasteiger partial charge is 0.481 e. The molecule has 1 unspecified atom stereocenters. The van der Waals surface area contributed by atoms with Gasteiger partial charge in [0, 0.05) is 13.0 Å². The van der Waals surface area contributed by atoms with Gasteiger partial charge >= 0.3 is 5.97 Å². The van der Waals surface area contributed by atoms with E-state index in [9.17, 15) is 9.59 Å². The molecule has 88 valence electrons. The normalized spacial score (nSPS) is 12.1. The molecule has 0 bridgehead atoms. The number of nitrogens with two attached hydrogens (primary N) is 1. The van der Waals surface area contributed by atoms with Gasteiger partial charge in [-0.1, -0.05) is 19.8 Å². The SMILES string of the molecule is CCCCC(N)C(=O)NCCCC(=O)O. The average Bonchev–Trinajstić information content (AvgIpc) is 2.20. The van der Waals surface area contributed by atoms with Crippen molar-refractivity contribution in [2.75, 3.05) is 6.54 Å². The summed E-state index contributed by atoms with van der Waals surface area (Å²) < 4.78 is 0. The van der Waals surface area contributed by atoms with E-state index >= 15 is 0 Å². The average molecular weight is 216 g/mol. The number of carbonyl (C=O) groups is 2. The zero-order valence-electron chi connectivity index (χ0n) is 9.16. The van der Waals surface area contributed by atoms with Gasteiger partial charge in [0.1, 0.15) is 0 Å². The molecular weight excluding hydrogens is 196 g/mol. The zero-order valence-corrected chi connectivity index (χ0v) is 9.16. The first-order valence-electron chi connectivity index (χ1n) is 5.33. The highest BCUT2D eigenvalue weighted by molar-refractivity contribution is 5.81. The molecule has 0 radical (unpaired) electrons. The van der Waals surface area contributed by atoms with E-state index in [-0.39, 0.29) is 12.3 Å². The molecule has 0 saturated heterocycles. The topological polar surface area (TPSA) is 92.4 Å². The Balaban J connectivity index is 3.51. The van der Waals surface area contributed by atoms with Gasteiger partial charge in [-0.3, -0.25) is 9.59 Å². The van der Waals surface area contributed by atoms with Crippen LogP contribution in [0.4, 0.5) is 0 Å². The maximum absolute atomic E-state index is 11.3. The molecular formula is C10H20N2O3. The van der Waals surface area contributed by atoms with Gasteiger partial charge in [0.25, 0.3) is 0 Å². The lowest BCUT2D eigenvalue weighted by Crippen LogP contribution is -2.40. The minimum atomic E-state index is -0.848. The maximum atomic E-state index is 11.3. The van der Waals surface area contributed by atoms with E-state index in [0.717, 1.165) is 12.8 Å². The molecule has 0 aliphatic heterocycles. The van der Waals surface area contributed by atoms with Gasteiger partial charge < -0.3 is 16.2 Å². The van der Waals surface area contributed by atoms with Crippen LogP contribution in [-0.2, 0) is 9.59 Å². The fourth-order valence-corrected chi connectivity index (χ4v) is 1.14. The minimum absolute atomic E-state index is 0.0739. The van der Waals surface area contributed by atoms with Crippen molar-refractivity contribution >= 4 is 11.9 Å². The second-order valence-corrected chi connectivity index (χ2v) is 3.54. The van der Waals surface area contributed by atoms with Crippen LogP contribution in [0.25, 0.3) is 0 Å². The highest BCUT2D eigenvalue weighted by Gasteiger charge is 2.11. The van der Waals surface area contributed by atoms with Crippen LogP contribution in [0.3, 0.4) is 0 Å². The van der Waals surface area contributed by atoms with E-state index in [0.29, 0.717) is 19.4 Å². The molecule has 1 amide bonds. The monoisotopic (exact) mass is 216 g/mol. The number of nitrogens with one attached hydrogen (secondary N) is 1. The smallest absolute Gasteiger partial charge is 0.303 e. The number of rotatable bonds is 8. The van der Waals surface area contributed by atoms with Crippen molar-refractivity contribution in [3.63, 3.8) is 0 Å². The van der Waals surface area contributed by atoms with E-state index in [2.05, 4.69) is 5.32 Å². The lowest BCUT2D eigenvalue weighted by atomic mass is 10.1.